The average Bonchev–Trinajstić information content (AvgIpc) is 2.22. The van der Waals surface area contributed by atoms with Crippen molar-refractivity contribution in [2.45, 2.75) is 13.2 Å². The van der Waals surface area contributed by atoms with Crippen LogP contribution >= 0.6 is 0 Å². The van der Waals surface area contributed by atoms with Crippen molar-refractivity contribution in [3.8, 4) is 5.75 Å². The summed E-state index contributed by atoms with van der Waals surface area (Å²) in [5.41, 5.74) is 3.40. The van der Waals surface area contributed by atoms with Crippen LogP contribution in [-0.4, -0.2) is 19.4 Å². The van der Waals surface area contributed by atoms with E-state index in [0.29, 0.717) is 12.2 Å². The number of hydrogen-bond donors (Lipinski definition) is 2. The summed E-state index contributed by atoms with van der Waals surface area (Å²) >= 11 is 0. The summed E-state index contributed by atoms with van der Waals surface area (Å²) in [6.07, 6.45) is 0. The van der Waals surface area contributed by atoms with Crippen LogP contribution in [0.15, 0.2) is 12.1 Å². The lowest BCUT2D eigenvalue weighted by Crippen LogP contribution is -2.10. The lowest BCUT2D eigenvalue weighted by Gasteiger charge is -2.11. The van der Waals surface area contributed by atoms with Crippen LogP contribution in [0.5, 0.6) is 5.75 Å². The number of hydrogen-bond acceptors (Lipinski definition) is 4. The van der Waals surface area contributed by atoms with Gasteiger partial charge in [-0.05, 0) is 23.3 Å². The molecule has 0 saturated carbocycles. The number of ether oxygens (including phenoxy) is 2. The third kappa shape index (κ3) is 2.89. The molecule has 0 bridgehead atoms. The highest BCUT2D eigenvalue weighted by molar-refractivity contribution is 5.36. The first-order valence-electron chi connectivity index (χ1n) is 4.44. The van der Waals surface area contributed by atoms with Gasteiger partial charge in [0.15, 0.2) is 11.6 Å². The first-order chi connectivity index (χ1) is 7.22. The van der Waals surface area contributed by atoms with Crippen LogP contribution in [-0.2, 0) is 17.9 Å². The summed E-state index contributed by atoms with van der Waals surface area (Å²) in [4.78, 5) is 0. The van der Waals surface area contributed by atoms with E-state index < -0.39 is 5.82 Å². The first-order valence-corrected chi connectivity index (χ1v) is 4.44. The Morgan fingerprint density at radius 3 is 2.60 bits per heavy atom. The molecule has 2 N–H and O–H groups in total. The standard InChI is InChI=1S/C10H14FNO3/c1-14-6-8-4-10(15-2)9(11)3-7(8)5-12-13/h3-4,12-13H,5-6H2,1-2H3. The van der Waals surface area contributed by atoms with Gasteiger partial charge in [-0.3, -0.25) is 0 Å². The average molecular weight is 215 g/mol. The van der Waals surface area contributed by atoms with Gasteiger partial charge in [0.2, 0.25) is 0 Å². The molecule has 0 fully saturated rings. The Labute approximate surface area is 87.6 Å². The zero-order valence-electron chi connectivity index (χ0n) is 8.71. The highest BCUT2D eigenvalue weighted by Crippen LogP contribution is 2.22. The molecule has 0 atom stereocenters. The monoisotopic (exact) mass is 215 g/mol. The topological polar surface area (TPSA) is 50.7 Å². The molecule has 0 unspecified atom stereocenters. The fourth-order valence-corrected chi connectivity index (χ4v) is 1.33. The van der Waals surface area contributed by atoms with Gasteiger partial charge in [-0.1, -0.05) is 0 Å². The zero-order valence-corrected chi connectivity index (χ0v) is 8.71. The SMILES string of the molecule is COCc1cc(OC)c(F)cc1CNO. The molecule has 0 aliphatic heterocycles. The molecule has 4 nitrogen and oxygen atoms in total. The molecule has 0 amide bonds. The highest BCUT2D eigenvalue weighted by atomic mass is 19.1. The normalized spacial score (nSPS) is 10.4. The summed E-state index contributed by atoms with van der Waals surface area (Å²) in [5.74, 6) is -0.286. The molecule has 1 rings (SSSR count). The summed E-state index contributed by atoms with van der Waals surface area (Å²) in [7, 11) is 2.95. The van der Waals surface area contributed by atoms with Crippen LogP contribution in [0.3, 0.4) is 0 Å². The Hall–Kier alpha value is -1.17. The minimum absolute atomic E-state index is 0.166. The van der Waals surface area contributed by atoms with E-state index in [0.717, 1.165) is 5.56 Å². The quantitative estimate of drug-likeness (QED) is 0.730. The van der Waals surface area contributed by atoms with E-state index in [2.05, 4.69) is 0 Å². The van der Waals surface area contributed by atoms with Gasteiger partial charge in [0.05, 0.1) is 13.7 Å². The maximum absolute atomic E-state index is 13.3. The predicted molar refractivity (Wildman–Crippen MR) is 52.3 cm³/mol. The predicted octanol–water partition coefficient (Wildman–Crippen LogP) is 1.46. The van der Waals surface area contributed by atoms with Gasteiger partial charge in [0.1, 0.15) is 0 Å². The van der Waals surface area contributed by atoms with E-state index in [1.54, 1.807) is 13.2 Å². The van der Waals surface area contributed by atoms with E-state index >= 15 is 0 Å². The van der Waals surface area contributed by atoms with E-state index in [1.165, 1.54) is 13.2 Å². The molecule has 0 aliphatic carbocycles. The molecule has 0 spiro atoms. The molecule has 0 saturated heterocycles. The van der Waals surface area contributed by atoms with Crippen molar-refractivity contribution in [3.05, 3.63) is 29.1 Å². The van der Waals surface area contributed by atoms with Gasteiger partial charge in [-0.25, -0.2) is 9.87 Å². The Balaban J connectivity index is 3.07. The van der Waals surface area contributed by atoms with Gasteiger partial charge in [-0.15, -0.1) is 0 Å². The molecular weight excluding hydrogens is 201 g/mol. The highest BCUT2D eigenvalue weighted by Gasteiger charge is 2.09. The number of benzene rings is 1. The molecule has 0 aromatic heterocycles. The van der Waals surface area contributed by atoms with Gasteiger partial charge >= 0.3 is 0 Å². The molecule has 0 heterocycles. The minimum atomic E-state index is -0.456. The van der Waals surface area contributed by atoms with Crippen molar-refractivity contribution in [1.29, 1.82) is 0 Å². The Morgan fingerprint density at radius 2 is 2.07 bits per heavy atom. The van der Waals surface area contributed by atoms with E-state index in [1.807, 2.05) is 5.48 Å². The molecule has 15 heavy (non-hydrogen) atoms. The van der Waals surface area contributed by atoms with Crippen molar-refractivity contribution in [2.75, 3.05) is 14.2 Å². The maximum Gasteiger partial charge on any atom is 0.165 e. The van der Waals surface area contributed by atoms with Gasteiger partial charge in [0, 0.05) is 13.7 Å². The van der Waals surface area contributed by atoms with Crippen molar-refractivity contribution in [1.82, 2.24) is 5.48 Å². The summed E-state index contributed by atoms with van der Waals surface area (Å²) in [6.45, 7) is 0.507. The largest absolute Gasteiger partial charge is 0.494 e. The number of halogens is 1. The number of nitrogens with one attached hydrogen (secondary N) is 1. The van der Waals surface area contributed by atoms with Crippen LogP contribution in [0, 0.1) is 5.82 Å². The summed E-state index contributed by atoms with van der Waals surface area (Å²) in [5, 5.41) is 8.59. The van der Waals surface area contributed by atoms with Crippen LogP contribution in [0.2, 0.25) is 0 Å². The van der Waals surface area contributed by atoms with Crippen molar-refractivity contribution < 1.29 is 19.1 Å². The molecule has 1 aromatic rings. The van der Waals surface area contributed by atoms with Gasteiger partial charge in [0.25, 0.3) is 0 Å². The lowest BCUT2D eigenvalue weighted by molar-refractivity contribution is 0.157. The van der Waals surface area contributed by atoms with Crippen molar-refractivity contribution in [3.63, 3.8) is 0 Å². The molecular formula is C10H14FNO3. The summed E-state index contributed by atoms with van der Waals surface area (Å²) < 4.78 is 23.1. The Bertz CT molecular complexity index is 331. The summed E-state index contributed by atoms with van der Waals surface area (Å²) in [6, 6.07) is 2.88. The third-order valence-corrected chi connectivity index (χ3v) is 2.04. The molecule has 1 aromatic carbocycles. The second-order valence-corrected chi connectivity index (χ2v) is 3.02. The van der Waals surface area contributed by atoms with Crippen molar-refractivity contribution in [2.24, 2.45) is 0 Å². The van der Waals surface area contributed by atoms with E-state index in [-0.39, 0.29) is 12.3 Å². The Morgan fingerprint density at radius 1 is 1.33 bits per heavy atom. The number of methoxy groups -OCH3 is 2. The van der Waals surface area contributed by atoms with Crippen molar-refractivity contribution >= 4 is 0 Å². The lowest BCUT2D eigenvalue weighted by atomic mass is 10.1. The molecule has 5 heteroatoms. The number of hydroxylamine groups is 1. The third-order valence-electron chi connectivity index (χ3n) is 2.04. The van der Waals surface area contributed by atoms with Crippen LogP contribution < -0.4 is 10.2 Å². The van der Waals surface area contributed by atoms with Gasteiger partial charge in [-0.2, -0.15) is 0 Å². The van der Waals surface area contributed by atoms with E-state index in [4.69, 9.17) is 14.7 Å². The van der Waals surface area contributed by atoms with Crippen LogP contribution in [0.25, 0.3) is 0 Å². The molecule has 0 aliphatic rings. The smallest absolute Gasteiger partial charge is 0.165 e. The molecule has 0 radical (unpaired) electrons. The maximum atomic E-state index is 13.3. The van der Waals surface area contributed by atoms with Crippen LogP contribution in [0.4, 0.5) is 4.39 Å². The van der Waals surface area contributed by atoms with E-state index in [9.17, 15) is 4.39 Å². The second-order valence-electron chi connectivity index (χ2n) is 3.02. The fraction of sp³-hybridized carbons (Fsp3) is 0.400. The Kier molecular flexibility index (Phi) is 4.48. The minimum Gasteiger partial charge on any atom is -0.494 e. The fourth-order valence-electron chi connectivity index (χ4n) is 1.33. The first kappa shape index (κ1) is 11.9. The number of rotatable bonds is 5. The van der Waals surface area contributed by atoms with Gasteiger partial charge < -0.3 is 14.7 Å². The second kappa shape index (κ2) is 5.65. The van der Waals surface area contributed by atoms with Crippen LogP contribution in [0.1, 0.15) is 11.1 Å². The zero-order chi connectivity index (χ0) is 11.3. The molecule has 84 valence electrons.